The molecule has 2 heterocycles. The topological polar surface area (TPSA) is 59.2 Å². The molecule has 0 unspecified atom stereocenters. The number of amides is 1. The number of carbonyl (C=O) groups is 1. The van der Waals surface area contributed by atoms with E-state index in [0.29, 0.717) is 18.1 Å². The lowest BCUT2D eigenvalue weighted by Gasteiger charge is -2.21. The molecular weight excluding hydrogens is 434 g/mol. The zero-order chi connectivity index (χ0) is 23.6. The molecule has 172 valence electrons. The van der Waals surface area contributed by atoms with Gasteiger partial charge in [-0.1, -0.05) is 65.8 Å². The van der Waals surface area contributed by atoms with Crippen LogP contribution in [-0.4, -0.2) is 16.0 Å². The third-order valence-electron chi connectivity index (χ3n) is 6.74. The van der Waals surface area contributed by atoms with Crippen LogP contribution in [0.1, 0.15) is 40.0 Å². The molecule has 0 atom stereocenters. The standard InChI is InChI=1S/C30H25N3O2/c34-30(27-19-28(35-32-27)24-16-15-21-8-1-2-10-23(21)18-24)33(29-14-5-6-17-31-29)20-25-12-7-11-22-9-3-4-13-26(22)25/h3-7,9,11-19H,1-2,8,10,20H2. The molecule has 0 radical (unpaired) electrons. The van der Waals surface area contributed by atoms with Crippen LogP contribution in [0.4, 0.5) is 5.82 Å². The number of hydrogen-bond acceptors (Lipinski definition) is 4. The zero-order valence-electron chi connectivity index (χ0n) is 19.4. The predicted octanol–water partition coefficient (Wildman–Crippen LogP) is 6.62. The van der Waals surface area contributed by atoms with Gasteiger partial charge in [0.15, 0.2) is 11.5 Å². The Bertz CT molecular complexity index is 1500. The fourth-order valence-electron chi connectivity index (χ4n) is 4.91. The number of carbonyl (C=O) groups excluding carboxylic acids is 1. The Hall–Kier alpha value is -4.25. The van der Waals surface area contributed by atoms with E-state index in [1.165, 1.54) is 24.0 Å². The summed E-state index contributed by atoms with van der Waals surface area (Å²) >= 11 is 0. The highest BCUT2D eigenvalue weighted by Gasteiger charge is 2.24. The van der Waals surface area contributed by atoms with Gasteiger partial charge < -0.3 is 4.52 Å². The van der Waals surface area contributed by atoms with Crippen LogP contribution in [0.5, 0.6) is 0 Å². The van der Waals surface area contributed by atoms with Crippen LogP contribution in [-0.2, 0) is 19.4 Å². The molecule has 0 fully saturated rings. The number of aryl methyl sites for hydroxylation is 2. The molecule has 3 aromatic carbocycles. The second kappa shape index (κ2) is 9.18. The fraction of sp³-hybridized carbons (Fsp3) is 0.167. The minimum atomic E-state index is -0.246. The molecule has 5 nitrogen and oxygen atoms in total. The number of benzene rings is 3. The first-order valence-electron chi connectivity index (χ1n) is 12.0. The molecule has 5 aromatic rings. The highest BCUT2D eigenvalue weighted by Crippen LogP contribution is 2.29. The van der Waals surface area contributed by atoms with Gasteiger partial charge in [0, 0.05) is 17.8 Å². The maximum atomic E-state index is 13.7. The lowest BCUT2D eigenvalue weighted by molar-refractivity contribution is 0.0975. The van der Waals surface area contributed by atoms with Gasteiger partial charge in [-0.15, -0.1) is 0 Å². The molecule has 35 heavy (non-hydrogen) atoms. The molecule has 0 saturated heterocycles. The Balaban J connectivity index is 1.34. The van der Waals surface area contributed by atoms with Gasteiger partial charge in [0.2, 0.25) is 0 Å². The van der Waals surface area contributed by atoms with Gasteiger partial charge in [-0.05, 0) is 71.3 Å². The van der Waals surface area contributed by atoms with E-state index in [-0.39, 0.29) is 11.6 Å². The summed E-state index contributed by atoms with van der Waals surface area (Å²) in [7, 11) is 0. The first-order chi connectivity index (χ1) is 17.3. The van der Waals surface area contributed by atoms with Crippen molar-refractivity contribution in [3.05, 3.63) is 114 Å². The number of aromatic nitrogens is 2. The maximum absolute atomic E-state index is 13.7. The molecule has 0 saturated carbocycles. The first-order valence-corrected chi connectivity index (χ1v) is 12.0. The Morgan fingerprint density at radius 2 is 1.69 bits per heavy atom. The van der Waals surface area contributed by atoms with E-state index in [1.54, 1.807) is 17.2 Å². The van der Waals surface area contributed by atoms with E-state index in [9.17, 15) is 4.79 Å². The summed E-state index contributed by atoms with van der Waals surface area (Å²) in [5, 5.41) is 6.40. The van der Waals surface area contributed by atoms with E-state index in [1.807, 2.05) is 42.5 Å². The Labute approximate surface area is 204 Å². The van der Waals surface area contributed by atoms with Crippen molar-refractivity contribution in [2.75, 3.05) is 4.90 Å². The number of hydrogen-bond donors (Lipinski definition) is 0. The molecule has 0 bridgehead atoms. The van der Waals surface area contributed by atoms with Crippen molar-refractivity contribution in [3.8, 4) is 11.3 Å². The van der Waals surface area contributed by atoms with Gasteiger partial charge in [0.1, 0.15) is 5.82 Å². The predicted molar refractivity (Wildman–Crippen MR) is 137 cm³/mol. The summed E-state index contributed by atoms with van der Waals surface area (Å²) < 4.78 is 5.65. The molecule has 0 spiro atoms. The van der Waals surface area contributed by atoms with Crippen molar-refractivity contribution >= 4 is 22.5 Å². The van der Waals surface area contributed by atoms with Crippen LogP contribution in [0.3, 0.4) is 0 Å². The normalized spacial score (nSPS) is 12.9. The fourth-order valence-corrected chi connectivity index (χ4v) is 4.91. The molecule has 1 amide bonds. The second-order valence-electron chi connectivity index (χ2n) is 8.98. The summed E-state index contributed by atoms with van der Waals surface area (Å²) in [4.78, 5) is 19.9. The average Bonchev–Trinajstić information content (AvgIpc) is 3.42. The number of rotatable bonds is 5. The lowest BCUT2D eigenvalue weighted by Crippen LogP contribution is -2.31. The summed E-state index contributed by atoms with van der Waals surface area (Å²) in [5.41, 5.74) is 5.04. The van der Waals surface area contributed by atoms with E-state index in [2.05, 4.69) is 46.5 Å². The average molecular weight is 460 g/mol. The quantitative estimate of drug-likeness (QED) is 0.296. The molecule has 0 aliphatic heterocycles. The van der Waals surface area contributed by atoms with Crippen molar-refractivity contribution in [1.82, 2.24) is 10.1 Å². The Morgan fingerprint density at radius 1 is 0.857 bits per heavy atom. The molecule has 5 heteroatoms. The Kier molecular flexibility index (Phi) is 5.59. The van der Waals surface area contributed by atoms with Crippen LogP contribution in [0.15, 0.2) is 95.6 Å². The number of fused-ring (bicyclic) bond motifs is 2. The van der Waals surface area contributed by atoms with E-state index in [4.69, 9.17) is 4.52 Å². The molecule has 0 N–H and O–H groups in total. The molecule has 2 aromatic heterocycles. The third-order valence-corrected chi connectivity index (χ3v) is 6.74. The summed E-state index contributed by atoms with van der Waals surface area (Å²) in [6.45, 7) is 0.373. The van der Waals surface area contributed by atoms with Crippen molar-refractivity contribution in [1.29, 1.82) is 0 Å². The van der Waals surface area contributed by atoms with Gasteiger partial charge in [0.25, 0.3) is 5.91 Å². The van der Waals surface area contributed by atoms with E-state index in [0.717, 1.165) is 34.7 Å². The van der Waals surface area contributed by atoms with E-state index < -0.39 is 0 Å². The monoisotopic (exact) mass is 459 g/mol. The van der Waals surface area contributed by atoms with Crippen molar-refractivity contribution < 1.29 is 9.32 Å². The summed E-state index contributed by atoms with van der Waals surface area (Å²) in [6, 6.07) is 28.1. The zero-order valence-corrected chi connectivity index (χ0v) is 19.4. The van der Waals surface area contributed by atoms with Gasteiger partial charge >= 0.3 is 0 Å². The van der Waals surface area contributed by atoms with Crippen LogP contribution >= 0.6 is 0 Å². The molecule has 6 rings (SSSR count). The van der Waals surface area contributed by atoms with Crippen LogP contribution in [0.25, 0.3) is 22.1 Å². The lowest BCUT2D eigenvalue weighted by atomic mass is 9.90. The van der Waals surface area contributed by atoms with Gasteiger partial charge in [-0.3, -0.25) is 9.69 Å². The number of nitrogens with zero attached hydrogens (tertiary/aromatic N) is 3. The SMILES string of the molecule is O=C(c1cc(-c2ccc3c(c2)CCCC3)on1)N(Cc1cccc2ccccc12)c1ccccn1. The molecule has 1 aliphatic rings. The van der Waals surface area contributed by atoms with Crippen LogP contribution < -0.4 is 4.90 Å². The van der Waals surface area contributed by atoms with Crippen LogP contribution in [0.2, 0.25) is 0 Å². The van der Waals surface area contributed by atoms with Crippen molar-refractivity contribution in [3.63, 3.8) is 0 Å². The second-order valence-corrected chi connectivity index (χ2v) is 8.98. The first kappa shape index (κ1) is 21.3. The number of anilines is 1. The number of pyridine rings is 1. The maximum Gasteiger partial charge on any atom is 0.281 e. The molecule has 1 aliphatic carbocycles. The smallest absolute Gasteiger partial charge is 0.281 e. The minimum Gasteiger partial charge on any atom is -0.355 e. The van der Waals surface area contributed by atoms with Gasteiger partial charge in [-0.2, -0.15) is 0 Å². The summed E-state index contributed by atoms with van der Waals surface area (Å²) in [5.74, 6) is 0.932. The largest absolute Gasteiger partial charge is 0.355 e. The van der Waals surface area contributed by atoms with Gasteiger partial charge in [-0.25, -0.2) is 4.98 Å². The van der Waals surface area contributed by atoms with Crippen LogP contribution in [0, 0.1) is 0 Å². The molecular formula is C30H25N3O2. The van der Waals surface area contributed by atoms with Crippen molar-refractivity contribution in [2.24, 2.45) is 0 Å². The van der Waals surface area contributed by atoms with E-state index >= 15 is 0 Å². The van der Waals surface area contributed by atoms with Gasteiger partial charge in [0.05, 0.1) is 6.54 Å². The summed E-state index contributed by atoms with van der Waals surface area (Å²) in [6.07, 6.45) is 6.36. The third kappa shape index (κ3) is 4.21. The highest BCUT2D eigenvalue weighted by atomic mass is 16.5. The highest BCUT2D eigenvalue weighted by molar-refractivity contribution is 6.05. The Morgan fingerprint density at radius 3 is 2.57 bits per heavy atom. The minimum absolute atomic E-state index is 0.246. The van der Waals surface area contributed by atoms with Crippen molar-refractivity contribution in [2.45, 2.75) is 32.2 Å².